The van der Waals surface area contributed by atoms with Gasteiger partial charge in [0.05, 0.1) is 0 Å². The van der Waals surface area contributed by atoms with Gasteiger partial charge in [0.2, 0.25) is 0 Å². The van der Waals surface area contributed by atoms with E-state index in [4.69, 9.17) is 0 Å². The van der Waals surface area contributed by atoms with Gasteiger partial charge in [-0.15, -0.1) is 0 Å². The lowest BCUT2D eigenvalue weighted by Crippen LogP contribution is -2.51. The summed E-state index contributed by atoms with van der Waals surface area (Å²) < 4.78 is 0. The normalized spacial score (nSPS) is 35.7. The summed E-state index contributed by atoms with van der Waals surface area (Å²) in [6.07, 6.45) is 11.3. The van der Waals surface area contributed by atoms with E-state index < -0.39 is 0 Å². The van der Waals surface area contributed by atoms with E-state index in [0.29, 0.717) is 5.92 Å². The topological polar surface area (TPSA) is 43.5 Å². The van der Waals surface area contributed by atoms with Crippen LogP contribution in [0.3, 0.4) is 0 Å². The Bertz CT molecular complexity index is 720. The number of fused-ring (bicyclic) bond motifs is 20. The Labute approximate surface area is 233 Å². The summed E-state index contributed by atoms with van der Waals surface area (Å²) in [6.45, 7) is 26.5. The van der Waals surface area contributed by atoms with Gasteiger partial charge in [-0.3, -0.25) is 14.7 Å². The number of piperazine rings is 2. The van der Waals surface area contributed by atoms with Crippen LogP contribution in [-0.4, -0.2) is 173 Å². The molecule has 38 heavy (non-hydrogen) atoms. The van der Waals surface area contributed by atoms with Gasteiger partial charge in [-0.25, -0.2) is 0 Å². The molecule has 4 bridgehead atoms. The number of rotatable bonds is 4. The molecule has 8 nitrogen and oxygen atoms in total. The smallest absolute Gasteiger partial charge is 0.0231 e. The van der Waals surface area contributed by atoms with Crippen LogP contribution in [0.2, 0.25) is 0 Å². The van der Waals surface area contributed by atoms with E-state index in [1.54, 1.807) is 0 Å². The molecule has 1 atom stereocenters. The van der Waals surface area contributed by atoms with Crippen molar-refractivity contribution in [2.24, 2.45) is 5.92 Å². The average molecular weight is 529 g/mol. The van der Waals surface area contributed by atoms with Crippen LogP contribution in [-0.2, 0) is 0 Å². The molecule has 0 aromatic rings. The molecule has 0 aromatic carbocycles. The van der Waals surface area contributed by atoms with Crippen LogP contribution in [0.5, 0.6) is 0 Å². The summed E-state index contributed by atoms with van der Waals surface area (Å²) in [5.74, 6) is 0.655. The molecule has 7 rings (SSSR count). The number of nitrogens with zero attached hydrogens (tertiary/aromatic N) is 6. The first-order valence-electron chi connectivity index (χ1n) is 15.9. The lowest BCUT2D eigenvalue weighted by molar-refractivity contribution is 0.111. The van der Waals surface area contributed by atoms with Gasteiger partial charge in [-0.2, -0.15) is 0 Å². The van der Waals surface area contributed by atoms with E-state index in [2.05, 4.69) is 58.3 Å². The van der Waals surface area contributed by atoms with Gasteiger partial charge in [0.1, 0.15) is 0 Å². The van der Waals surface area contributed by atoms with Crippen molar-refractivity contribution in [2.75, 3.05) is 144 Å². The van der Waals surface area contributed by atoms with Gasteiger partial charge in [-0.1, -0.05) is 18.2 Å². The highest BCUT2D eigenvalue weighted by Crippen LogP contribution is 2.19. The predicted molar refractivity (Wildman–Crippen MR) is 159 cm³/mol. The molecule has 0 aromatic heterocycles. The molecule has 0 spiro atoms. The number of allylic oxidation sites excluding steroid dienone is 1. The molecule has 0 amide bonds. The molecular formula is C30H56N8. The largest absolute Gasteiger partial charge is 0.315 e. The van der Waals surface area contributed by atoms with Crippen molar-refractivity contribution in [1.29, 1.82) is 0 Å². The first kappa shape index (κ1) is 28.7. The van der Waals surface area contributed by atoms with Crippen molar-refractivity contribution < 1.29 is 0 Å². The summed E-state index contributed by atoms with van der Waals surface area (Å²) in [5.41, 5.74) is 1.53. The van der Waals surface area contributed by atoms with E-state index in [0.717, 1.165) is 39.3 Å². The maximum Gasteiger partial charge on any atom is 0.0231 e. The van der Waals surface area contributed by atoms with Gasteiger partial charge in [-0.05, 0) is 56.9 Å². The van der Waals surface area contributed by atoms with Crippen molar-refractivity contribution in [2.45, 2.75) is 19.3 Å². The third-order valence-corrected chi connectivity index (χ3v) is 9.42. The molecule has 6 fully saturated rings. The third-order valence-electron chi connectivity index (χ3n) is 9.42. The highest BCUT2D eigenvalue weighted by Gasteiger charge is 2.21. The Morgan fingerprint density at radius 2 is 1.13 bits per heavy atom. The molecule has 216 valence electrons. The van der Waals surface area contributed by atoms with Crippen molar-refractivity contribution >= 4 is 0 Å². The van der Waals surface area contributed by atoms with Crippen LogP contribution in [0.25, 0.3) is 0 Å². The average Bonchev–Trinajstić information content (AvgIpc) is 2.94. The molecule has 1 aliphatic carbocycles. The van der Waals surface area contributed by atoms with E-state index in [9.17, 15) is 0 Å². The summed E-state index contributed by atoms with van der Waals surface area (Å²) in [6, 6.07) is 0. The highest BCUT2D eigenvalue weighted by atomic mass is 15.3. The maximum absolute atomic E-state index is 3.72. The van der Waals surface area contributed by atoms with Crippen molar-refractivity contribution in [3.8, 4) is 0 Å². The van der Waals surface area contributed by atoms with Crippen LogP contribution in [0.1, 0.15) is 19.3 Å². The molecule has 6 heterocycles. The lowest BCUT2D eigenvalue weighted by Gasteiger charge is -2.37. The molecule has 1 unspecified atom stereocenters. The second kappa shape index (κ2) is 15.8. The van der Waals surface area contributed by atoms with E-state index in [1.165, 1.54) is 130 Å². The Morgan fingerprint density at radius 1 is 0.553 bits per heavy atom. The van der Waals surface area contributed by atoms with Crippen LogP contribution >= 0.6 is 0 Å². The fraction of sp³-hybridized carbons (Fsp3) is 0.867. The minimum atomic E-state index is 0.655. The summed E-state index contributed by atoms with van der Waals surface area (Å²) >= 11 is 0. The second-order valence-corrected chi connectivity index (χ2v) is 12.3. The van der Waals surface area contributed by atoms with E-state index in [1.807, 2.05) is 0 Å². The van der Waals surface area contributed by atoms with Gasteiger partial charge in [0.15, 0.2) is 0 Å². The van der Waals surface area contributed by atoms with Crippen LogP contribution in [0, 0.1) is 5.92 Å². The monoisotopic (exact) mass is 528 g/mol. The minimum Gasteiger partial charge on any atom is -0.315 e. The molecule has 8 heteroatoms. The third kappa shape index (κ3) is 9.66. The predicted octanol–water partition coefficient (Wildman–Crippen LogP) is 0.315. The zero-order valence-corrected chi connectivity index (χ0v) is 24.2. The maximum atomic E-state index is 3.72. The van der Waals surface area contributed by atoms with E-state index >= 15 is 0 Å². The van der Waals surface area contributed by atoms with Crippen LogP contribution in [0.15, 0.2) is 23.8 Å². The molecular weight excluding hydrogens is 472 g/mol. The zero-order valence-electron chi connectivity index (χ0n) is 24.2. The second-order valence-electron chi connectivity index (χ2n) is 12.3. The molecule has 0 saturated carbocycles. The van der Waals surface area contributed by atoms with Crippen LogP contribution < -0.4 is 10.6 Å². The van der Waals surface area contributed by atoms with Crippen LogP contribution in [0.4, 0.5) is 0 Å². The lowest BCUT2D eigenvalue weighted by atomic mass is 9.95. The van der Waals surface area contributed by atoms with Gasteiger partial charge in [0.25, 0.3) is 0 Å². The summed E-state index contributed by atoms with van der Waals surface area (Å²) in [4.78, 5) is 16.1. The molecule has 7 aliphatic rings. The Hall–Kier alpha value is -0.840. The Kier molecular flexibility index (Phi) is 11.9. The fourth-order valence-corrected chi connectivity index (χ4v) is 6.78. The number of nitrogens with one attached hydrogen (secondary N) is 2. The molecule has 0 radical (unpaired) electrons. The minimum absolute atomic E-state index is 0.655. The van der Waals surface area contributed by atoms with E-state index in [-0.39, 0.29) is 0 Å². The standard InChI is InChI=1S/C30H56N8/c1-7-31-9-15-37(13-2-12-34-19-17-33(11-1)18-20-34)27-29-3-5-30(6-4-29)28-38-16-10-32-8-14-35-21-23-36(24-22-35)25-26-38/h3-5,30-32H,1-2,6-28H2. The molecule has 6 saturated heterocycles. The van der Waals surface area contributed by atoms with Gasteiger partial charge < -0.3 is 25.3 Å². The van der Waals surface area contributed by atoms with Gasteiger partial charge >= 0.3 is 0 Å². The quantitative estimate of drug-likeness (QED) is 0.541. The molecule has 2 N–H and O–H groups in total. The Balaban J connectivity index is 1.07. The highest BCUT2D eigenvalue weighted by molar-refractivity contribution is 5.25. The number of hydrogen-bond acceptors (Lipinski definition) is 8. The Morgan fingerprint density at radius 3 is 1.84 bits per heavy atom. The van der Waals surface area contributed by atoms with Gasteiger partial charge in [0, 0.05) is 118 Å². The van der Waals surface area contributed by atoms with Crippen molar-refractivity contribution in [3.05, 3.63) is 23.8 Å². The first-order chi connectivity index (χ1) is 18.8. The fourth-order valence-electron chi connectivity index (χ4n) is 6.78. The van der Waals surface area contributed by atoms with Crippen molar-refractivity contribution in [1.82, 2.24) is 40.0 Å². The SMILES string of the molecule is C1=CC(CN2CCNCCN3CCN(CC3)CC2)CC=C1CN1CCCN2CCN(CCCNCC1)CC2. The van der Waals surface area contributed by atoms with Crippen molar-refractivity contribution in [3.63, 3.8) is 0 Å². The number of hydrogen-bond donors (Lipinski definition) is 2. The summed E-state index contributed by atoms with van der Waals surface area (Å²) in [5, 5.41) is 7.42. The molecule has 6 aliphatic heterocycles. The summed E-state index contributed by atoms with van der Waals surface area (Å²) in [7, 11) is 0. The first-order valence-corrected chi connectivity index (χ1v) is 15.9. The zero-order chi connectivity index (χ0) is 25.8.